The van der Waals surface area contributed by atoms with Gasteiger partial charge in [0, 0.05) is 34.1 Å². The van der Waals surface area contributed by atoms with Crippen LogP contribution in [0, 0.1) is 12.7 Å². The van der Waals surface area contributed by atoms with Gasteiger partial charge in [-0.3, -0.25) is 9.59 Å². The highest BCUT2D eigenvalue weighted by atomic mass is 35.5. The molecule has 2 heterocycles. The molecule has 1 atom stereocenters. The summed E-state index contributed by atoms with van der Waals surface area (Å²) in [6.45, 7) is 10.4. The third-order valence-corrected chi connectivity index (χ3v) is 5.69. The van der Waals surface area contributed by atoms with Gasteiger partial charge in [0.1, 0.15) is 19.4 Å². The molecule has 0 unspecified atom stereocenters. The van der Waals surface area contributed by atoms with Crippen molar-refractivity contribution in [3.63, 3.8) is 0 Å². The highest BCUT2D eigenvalue weighted by Crippen LogP contribution is 2.41. The standard InChI is InChI=1S/C22H19ClFNO3.C2H6.2CH2O/c1-12-9-16(24)11-17-19(12)20(22(28)13-4-6-15(23)7-5-13)21-14(10-18(26)27)3-2-8-25(17)21;3*1-2/h4-7,9,11,14H,2-3,8,10H2,1H3,(H,26,27);1-2H3;2*1H2/t14-;;;/m1.../s1. The zero-order valence-electron chi connectivity index (χ0n) is 19.6. The summed E-state index contributed by atoms with van der Waals surface area (Å²) < 4.78 is 16.1. The molecule has 0 radical (unpaired) electrons. The van der Waals surface area contributed by atoms with Crippen molar-refractivity contribution < 1.29 is 28.7 Å². The lowest BCUT2D eigenvalue weighted by Gasteiger charge is -2.25. The Morgan fingerprint density at radius 1 is 1.12 bits per heavy atom. The average molecular weight is 490 g/mol. The molecule has 1 N–H and O–H groups in total. The Balaban J connectivity index is 0.000000894. The van der Waals surface area contributed by atoms with Crippen molar-refractivity contribution in [1.82, 2.24) is 4.57 Å². The van der Waals surface area contributed by atoms with E-state index in [9.17, 15) is 19.1 Å². The first-order valence-electron chi connectivity index (χ1n) is 10.8. The Labute approximate surface area is 203 Å². The van der Waals surface area contributed by atoms with Crippen LogP contribution in [0.3, 0.4) is 0 Å². The largest absolute Gasteiger partial charge is 0.481 e. The van der Waals surface area contributed by atoms with Gasteiger partial charge in [0.25, 0.3) is 0 Å². The van der Waals surface area contributed by atoms with E-state index in [-0.39, 0.29) is 23.9 Å². The molecule has 0 saturated heterocycles. The van der Waals surface area contributed by atoms with E-state index in [4.69, 9.17) is 21.2 Å². The lowest BCUT2D eigenvalue weighted by molar-refractivity contribution is -0.137. The van der Waals surface area contributed by atoms with E-state index in [2.05, 4.69) is 0 Å². The van der Waals surface area contributed by atoms with Crippen molar-refractivity contribution in [1.29, 1.82) is 0 Å². The number of carboxylic acid groups (broad SMARTS) is 1. The molecule has 8 heteroatoms. The monoisotopic (exact) mass is 489 g/mol. The van der Waals surface area contributed by atoms with E-state index in [1.54, 1.807) is 31.2 Å². The number of halogens is 2. The van der Waals surface area contributed by atoms with Crippen molar-refractivity contribution >= 4 is 47.8 Å². The number of carbonyl (C=O) groups excluding carboxylic acids is 3. The molecule has 1 aliphatic heterocycles. The summed E-state index contributed by atoms with van der Waals surface area (Å²) in [4.78, 5) is 40.9. The fourth-order valence-electron chi connectivity index (χ4n) is 4.34. The lowest BCUT2D eigenvalue weighted by Crippen LogP contribution is -2.20. The number of rotatable bonds is 4. The van der Waals surface area contributed by atoms with Crippen molar-refractivity contribution in [2.75, 3.05) is 0 Å². The third kappa shape index (κ3) is 5.97. The second-order valence-electron chi connectivity index (χ2n) is 7.30. The van der Waals surface area contributed by atoms with E-state index < -0.39 is 5.97 Å². The first-order chi connectivity index (χ1) is 16.4. The molecule has 4 rings (SSSR count). The Hall–Kier alpha value is -3.32. The van der Waals surface area contributed by atoms with Gasteiger partial charge in [-0.25, -0.2) is 4.39 Å². The SMILES string of the molecule is C=O.C=O.CC.Cc1cc(F)cc2c1c(C(=O)c1ccc(Cl)cc1)c1n2CCC[C@@H]1CC(=O)O. The predicted octanol–water partition coefficient (Wildman–Crippen LogP) is 5.98. The zero-order chi connectivity index (χ0) is 26.0. The smallest absolute Gasteiger partial charge is 0.304 e. The first-order valence-corrected chi connectivity index (χ1v) is 11.2. The van der Waals surface area contributed by atoms with Gasteiger partial charge in [-0.1, -0.05) is 25.4 Å². The van der Waals surface area contributed by atoms with Gasteiger partial charge in [-0.15, -0.1) is 0 Å². The molecular formula is C26H29ClFNO5. The molecule has 182 valence electrons. The highest BCUT2D eigenvalue weighted by Gasteiger charge is 2.33. The van der Waals surface area contributed by atoms with Gasteiger partial charge >= 0.3 is 5.97 Å². The number of aliphatic carboxylic acids is 1. The van der Waals surface area contributed by atoms with Gasteiger partial charge in [-0.2, -0.15) is 0 Å². The maximum Gasteiger partial charge on any atom is 0.304 e. The van der Waals surface area contributed by atoms with Gasteiger partial charge < -0.3 is 19.3 Å². The normalized spacial score (nSPS) is 13.7. The molecule has 3 aromatic rings. The molecule has 0 spiro atoms. The quantitative estimate of drug-likeness (QED) is 0.455. The van der Waals surface area contributed by atoms with Gasteiger partial charge in [-0.05, 0) is 61.7 Å². The number of hydrogen-bond donors (Lipinski definition) is 1. The molecule has 0 fully saturated rings. The van der Waals surface area contributed by atoms with Crippen molar-refractivity contribution in [3.05, 3.63) is 69.6 Å². The first kappa shape index (κ1) is 28.7. The molecule has 0 aliphatic carbocycles. The Morgan fingerprint density at radius 2 is 1.71 bits per heavy atom. The maximum absolute atomic E-state index is 14.1. The zero-order valence-corrected chi connectivity index (χ0v) is 20.3. The van der Waals surface area contributed by atoms with E-state index in [0.29, 0.717) is 51.3 Å². The van der Waals surface area contributed by atoms with Crippen LogP contribution in [0.1, 0.15) is 66.2 Å². The molecule has 0 saturated carbocycles. The molecule has 1 aliphatic rings. The number of carboxylic acids is 1. The van der Waals surface area contributed by atoms with E-state index >= 15 is 0 Å². The van der Waals surface area contributed by atoms with Crippen LogP contribution in [-0.4, -0.2) is 35.0 Å². The number of aromatic nitrogens is 1. The minimum atomic E-state index is -0.906. The number of fused-ring (bicyclic) bond motifs is 3. The van der Waals surface area contributed by atoms with Crippen molar-refractivity contribution in [2.24, 2.45) is 0 Å². The fourth-order valence-corrected chi connectivity index (χ4v) is 4.47. The van der Waals surface area contributed by atoms with E-state index in [1.165, 1.54) is 12.1 Å². The van der Waals surface area contributed by atoms with Crippen LogP contribution < -0.4 is 0 Å². The number of carbonyl (C=O) groups is 4. The van der Waals surface area contributed by atoms with Gasteiger partial charge in [0.2, 0.25) is 0 Å². The Bertz CT molecular complexity index is 1140. The molecular weight excluding hydrogens is 461 g/mol. The highest BCUT2D eigenvalue weighted by molar-refractivity contribution is 6.30. The fraction of sp³-hybridized carbons (Fsp3) is 0.308. The van der Waals surface area contributed by atoms with Crippen molar-refractivity contribution in [2.45, 2.75) is 52.5 Å². The summed E-state index contributed by atoms with van der Waals surface area (Å²) in [5.74, 6) is -1.75. The second-order valence-corrected chi connectivity index (χ2v) is 7.74. The molecule has 34 heavy (non-hydrogen) atoms. The van der Waals surface area contributed by atoms with Crippen LogP contribution >= 0.6 is 11.6 Å². The number of aryl methyl sites for hydroxylation is 2. The summed E-state index contributed by atoms with van der Waals surface area (Å²) in [7, 11) is 0. The predicted molar refractivity (Wildman–Crippen MR) is 131 cm³/mol. The summed E-state index contributed by atoms with van der Waals surface area (Å²) in [5.41, 5.74) is 2.99. The number of benzene rings is 2. The van der Waals surface area contributed by atoms with Gasteiger partial charge in [0.05, 0.1) is 17.5 Å². The second kappa shape index (κ2) is 13.4. The summed E-state index contributed by atoms with van der Waals surface area (Å²) in [6.07, 6.45) is 1.42. The maximum atomic E-state index is 14.1. The summed E-state index contributed by atoms with van der Waals surface area (Å²) in [6, 6.07) is 9.48. The van der Waals surface area contributed by atoms with E-state index in [0.717, 1.165) is 6.42 Å². The average Bonchev–Trinajstić information content (AvgIpc) is 3.18. The molecule has 1 aromatic heterocycles. The van der Waals surface area contributed by atoms with Crippen LogP contribution in [0.5, 0.6) is 0 Å². The Kier molecular flexibility index (Phi) is 11.3. The Morgan fingerprint density at radius 3 is 2.26 bits per heavy atom. The van der Waals surface area contributed by atoms with Crippen LogP contribution in [0.4, 0.5) is 4.39 Å². The molecule has 2 aromatic carbocycles. The van der Waals surface area contributed by atoms with Crippen molar-refractivity contribution in [3.8, 4) is 0 Å². The molecule has 0 amide bonds. The molecule has 0 bridgehead atoms. The number of hydrogen-bond acceptors (Lipinski definition) is 4. The third-order valence-electron chi connectivity index (χ3n) is 5.44. The van der Waals surface area contributed by atoms with Crippen LogP contribution in [0.15, 0.2) is 36.4 Å². The number of ketones is 1. The lowest BCUT2D eigenvalue weighted by atomic mass is 9.87. The summed E-state index contributed by atoms with van der Waals surface area (Å²) >= 11 is 5.95. The van der Waals surface area contributed by atoms with E-state index in [1.807, 2.05) is 32.0 Å². The van der Waals surface area contributed by atoms with Crippen LogP contribution in [0.2, 0.25) is 5.02 Å². The summed E-state index contributed by atoms with van der Waals surface area (Å²) in [5, 5.41) is 10.6. The van der Waals surface area contributed by atoms with Crippen LogP contribution in [0.25, 0.3) is 10.9 Å². The minimum absolute atomic E-state index is 0.0568. The molecule has 6 nitrogen and oxygen atoms in total. The van der Waals surface area contributed by atoms with Crippen LogP contribution in [-0.2, 0) is 20.9 Å². The topological polar surface area (TPSA) is 93.4 Å². The minimum Gasteiger partial charge on any atom is -0.481 e. The number of nitrogens with zero attached hydrogens (tertiary/aromatic N) is 1. The van der Waals surface area contributed by atoms with Gasteiger partial charge in [0.15, 0.2) is 5.78 Å².